The molecule has 2 heterocycles. The van der Waals surface area contributed by atoms with E-state index in [9.17, 15) is 0 Å². The summed E-state index contributed by atoms with van der Waals surface area (Å²) in [6.07, 6.45) is 1.27. The molecule has 1 aromatic carbocycles. The van der Waals surface area contributed by atoms with Crippen molar-refractivity contribution in [2.75, 3.05) is 59.5 Å². The highest BCUT2D eigenvalue weighted by Gasteiger charge is 2.19. The van der Waals surface area contributed by atoms with Crippen LogP contribution in [0.5, 0.6) is 0 Å². The fraction of sp³-hybridized carbons (Fsp3) is 0.667. The first-order chi connectivity index (χ1) is 13.2. The fourth-order valence-electron chi connectivity index (χ4n) is 3.81. The molecule has 1 aromatic rings. The number of ether oxygens (including phenoxy) is 1. The minimum absolute atomic E-state index is 0.709. The van der Waals surface area contributed by atoms with Crippen molar-refractivity contribution in [2.24, 2.45) is 10.9 Å². The van der Waals surface area contributed by atoms with Crippen LogP contribution in [0.15, 0.2) is 29.3 Å². The maximum Gasteiger partial charge on any atom is 0.191 e. The number of rotatable bonds is 7. The van der Waals surface area contributed by atoms with Crippen molar-refractivity contribution in [3.63, 3.8) is 0 Å². The fourth-order valence-corrected chi connectivity index (χ4v) is 3.81. The van der Waals surface area contributed by atoms with Crippen molar-refractivity contribution < 1.29 is 4.74 Å². The number of benzene rings is 1. The second-order valence-corrected chi connectivity index (χ2v) is 7.65. The number of likely N-dealkylation sites (tertiary alicyclic amines) is 1. The zero-order valence-electron chi connectivity index (χ0n) is 16.9. The van der Waals surface area contributed by atoms with Gasteiger partial charge in [0, 0.05) is 39.3 Å². The lowest BCUT2D eigenvalue weighted by molar-refractivity contribution is 0.0341. The molecule has 0 amide bonds. The summed E-state index contributed by atoms with van der Waals surface area (Å²) in [6.45, 7) is 11.8. The molecule has 0 bridgehead atoms. The maximum atomic E-state index is 5.47. The molecule has 6 heteroatoms. The van der Waals surface area contributed by atoms with Crippen LogP contribution in [-0.2, 0) is 17.8 Å². The highest BCUT2D eigenvalue weighted by atomic mass is 16.5. The van der Waals surface area contributed by atoms with Gasteiger partial charge in [0.2, 0.25) is 0 Å². The third-order valence-electron chi connectivity index (χ3n) is 5.41. The minimum Gasteiger partial charge on any atom is -0.379 e. The summed E-state index contributed by atoms with van der Waals surface area (Å²) in [6, 6.07) is 8.68. The van der Waals surface area contributed by atoms with Crippen molar-refractivity contribution >= 4 is 5.96 Å². The summed E-state index contributed by atoms with van der Waals surface area (Å²) in [5.41, 5.74) is 2.68. The van der Waals surface area contributed by atoms with Gasteiger partial charge in [-0.3, -0.25) is 4.90 Å². The predicted octanol–water partition coefficient (Wildman–Crippen LogP) is 1.53. The average molecular weight is 374 g/mol. The van der Waals surface area contributed by atoms with Gasteiger partial charge in [0.25, 0.3) is 0 Å². The third-order valence-corrected chi connectivity index (χ3v) is 5.41. The number of morpholine rings is 1. The van der Waals surface area contributed by atoms with E-state index in [0.29, 0.717) is 12.5 Å². The Morgan fingerprint density at radius 1 is 1.15 bits per heavy atom. The largest absolute Gasteiger partial charge is 0.379 e. The second kappa shape index (κ2) is 10.6. The Labute approximate surface area is 164 Å². The Morgan fingerprint density at radius 2 is 1.93 bits per heavy atom. The molecule has 1 unspecified atom stereocenters. The van der Waals surface area contributed by atoms with Crippen LogP contribution in [0.2, 0.25) is 0 Å². The normalized spacial score (nSPS) is 22.1. The SMILES string of the molecule is CCNC(=NCc1ccccc1CN1CCOCC1)NCC1CCN(C)C1. The van der Waals surface area contributed by atoms with Crippen LogP contribution in [0, 0.1) is 5.92 Å². The summed E-state index contributed by atoms with van der Waals surface area (Å²) in [5, 5.41) is 6.93. The highest BCUT2D eigenvalue weighted by molar-refractivity contribution is 5.79. The van der Waals surface area contributed by atoms with Gasteiger partial charge in [-0.05, 0) is 44.0 Å². The van der Waals surface area contributed by atoms with Gasteiger partial charge in [-0.2, -0.15) is 0 Å². The topological polar surface area (TPSA) is 52.1 Å². The molecule has 6 nitrogen and oxygen atoms in total. The van der Waals surface area contributed by atoms with E-state index in [1.807, 2.05) is 0 Å². The van der Waals surface area contributed by atoms with Gasteiger partial charge in [-0.1, -0.05) is 24.3 Å². The first-order valence-corrected chi connectivity index (χ1v) is 10.3. The van der Waals surface area contributed by atoms with E-state index < -0.39 is 0 Å². The summed E-state index contributed by atoms with van der Waals surface area (Å²) in [5.74, 6) is 1.64. The van der Waals surface area contributed by atoms with Crippen LogP contribution >= 0.6 is 0 Å². The molecule has 27 heavy (non-hydrogen) atoms. The smallest absolute Gasteiger partial charge is 0.191 e. The molecule has 0 spiro atoms. The van der Waals surface area contributed by atoms with Crippen molar-refractivity contribution in [3.8, 4) is 0 Å². The first-order valence-electron chi connectivity index (χ1n) is 10.3. The van der Waals surface area contributed by atoms with E-state index in [1.165, 1.54) is 30.6 Å². The molecule has 2 aliphatic heterocycles. The summed E-state index contributed by atoms with van der Waals surface area (Å²) < 4.78 is 5.47. The molecule has 0 radical (unpaired) electrons. The highest BCUT2D eigenvalue weighted by Crippen LogP contribution is 2.15. The quantitative estimate of drug-likeness (QED) is 0.561. The monoisotopic (exact) mass is 373 g/mol. The van der Waals surface area contributed by atoms with E-state index >= 15 is 0 Å². The van der Waals surface area contributed by atoms with Crippen LogP contribution in [0.25, 0.3) is 0 Å². The van der Waals surface area contributed by atoms with Gasteiger partial charge >= 0.3 is 0 Å². The predicted molar refractivity (Wildman–Crippen MR) is 111 cm³/mol. The van der Waals surface area contributed by atoms with Gasteiger partial charge in [0.05, 0.1) is 19.8 Å². The molecule has 2 N–H and O–H groups in total. The van der Waals surface area contributed by atoms with Crippen LogP contribution in [0.4, 0.5) is 0 Å². The number of hydrogen-bond donors (Lipinski definition) is 2. The number of nitrogens with zero attached hydrogens (tertiary/aromatic N) is 3. The Morgan fingerprint density at radius 3 is 2.63 bits per heavy atom. The van der Waals surface area contributed by atoms with Gasteiger partial charge in [-0.25, -0.2) is 4.99 Å². The Hall–Kier alpha value is -1.63. The van der Waals surface area contributed by atoms with E-state index in [2.05, 4.69) is 58.7 Å². The number of nitrogens with one attached hydrogen (secondary N) is 2. The van der Waals surface area contributed by atoms with Crippen molar-refractivity contribution in [1.29, 1.82) is 0 Å². The third kappa shape index (κ3) is 6.48. The molecule has 150 valence electrons. The summed E-state index contributed by atoms with van der Waals surface area (Å²) in [4.78, 5) is 9.72. The van der Waals surface area contributed by atoms with Crippen molar-refractivity contribution in [3.05, 3.63) is 35.4 Å². The average Bonchev–Trinajstić information content (AvgIpc) is 3.11. The van der Waals surface area contributed by atoms with E-state index in [1.54, 1.807) is 0 Å². The van der Waals surface area contributed by atoms with Crippen LogP contribution in [0.1, 0.15) is 24.5 Å². The lowest BCUT2D eigenvalue weighted by atomic mass is 10.1. The Balaban J connectivity index is 1.57. The summed E-state index contributed by atoms with van der Waals surface area (Å²) in [7, 11) is 2.20. The Bertz CT molecular complexity index is 600. The van der Waals surface area contributed by atoms with Gasteiger partial charge < -0.3 is 20.3 Å². The Kier molecular flexibility index (Phi) is 7.93. The molecular weight excluding hydrogens is 338 g/mol. The lowest BCUT2D eigenvalue weighted by Crippen LogP contribution is -2.40. The molecule has 2 fully saturated rings. The molecule has 0 aliphatic carbocycles. The number of hydrogen-bond acceptors (Lipinski definition) is 4. The molecule has 2 saturated heterocycles. The lowest BCUT2D eigenvalue weighted by Gasteiger charge is -2.27. The van der Waals surface area contributed by atoms with Crippen LogP contribution in [-0.4, -0.2) is 75.3 Å². The number of guanidine groups is 1. The minimum atomic E-state index is 0.709. The van der Waals surface area contributed by atoms with Crippen LogP contribution in [0.3, 0.4) is 0 Å². The number of aliphatic imine (C=N–C) groups is 1. The molecule has 2 aliphatic rings. The maximum absolute atomic E-state index is 5.47. The molecule has 0 aromatic heterocycles. The van der Waals surface area contributed by atoms with E-state index in [0.717, 1.165) is 51.9 Å². The molecular formula is C21H35N5O. The zero-order valence-corrected chi connectivity index (χ0v) is 16.9. The standard InChI is InChI=1S/C21H35N5O/c1-3-22-21(23-14-18-8-9-25(2)16-18)24-15-19-6-4-5-7-20(19)17-26-10-12-27-13-11-26/h4-7,18H,3,8-17H2,1-2H3,(H2,22,23,24). The van der Waals surface area contributed by atoms with Crippen molar-refractivity contribution in [2.45, 2.75) is 26.4 Å². The zero-order chi connectivity index (χ0) is 18.9. The van der Waals surface area contributed by atoms with Crippen LogP contribution < -0.4 is 10.6 Å². The molecule has 0 saturated carbocycles. The van der Waals surface area contributed by atoms with Crippen molar-refractivity contribution in [1.82, 2.24) is 20.4 Å². The van der Waals surface area contributed by atoms with E-state index in [-0.39, 0.29) is 0 Å². The molecule has 1 atom stereocenters. The first kappa shape index (κ1) is 20.1. The van der Waals surface area contributed by atoms with Gasteiger partial charge in [0.1, 0.15) is 0 Å². The second-order valence-electron chi connectivity index (χ2n) is 7.65. The van der Waals surface area contributed by atoms with Gasteiger partial charge in [-0.15, -0.1) is 0 Å². The van der Waals surface area contributed by atoms with Gasteiger partial charge in [0.15, 0.2) is 5.96 Å². The molecule has 3 rings (SSSR count). The van der Waals surface area contributed by atoms with E-state index in [4.69, 9.17) is 9.73 Å². The summed E-state index contributed by atoms with van der Waals surface area (Å²) >= 11 is 0.